The molecule has 0 aliphatic rings. The maximum absolute atomic E-state index is 11.6. The van der Waals surface area contributed by atoms with Crippen molar-refractivity contribution in [3.05, 3.63) is 28.8 Å². The summed E-state index contributed by atoms with van der Waals surface area (Å²) in [6.45, 7) is 6.74. The van der Waals surface area contributed by atoms with E-state index >= 15 is 0 Å². The molecule has 1 aromatic rings. The van der Waals surface area contributed by atoms with E-state index < -0.39 is 0 Å². The lowest BCUT2D eigenvalue weighted by Gasteiger charge is -2.21. The van der Waals surface area contributed by atoms with Crippen LogP contribution < -0.4 is 4.74 Å². The topological polar surface area (TPSA) is 35.5 Å². The zero-order valence-electron chi connectivity index (χ0n) is 12.7. The van der Waals surface area contributed by atoms with E-state index in [9.17, 15) is 4.79 Å². The largest absolute Gasteiger partial charge is 0.492 e. The first-order valence-corrected chi connectivity index (χ1v) is 7.16. The Bertz CT molecular complexity index is 455. The minimum atomic E-state index is -0.374. The van der Waals surface area contributed by atoms with Gasteiger partial charge in [-0.25, -0.2) is 0 Å². The van der Waals surface area contributed by atoms with Crippen LogP contribution in [0, 0.1) is 5.41 Å². The fourth-order valence-corrected chi connectivity index (χ4v) is 1.96. The third-order valence-electron chi connectivity index (χ3n) is 3.35. The average molecular weight is 299 g/mol. The molecular formula is C16H23ClO3. The molecule has 0 unspecified atom stereocenters. The molecule has 3 nitrogen and oxygen atoms in total. The summed E-state index contributed by atoms with van der Waals surface area (Å²) >= 11 is 6.12. The van der Waals surface area contributed by atoms with Crippen LogP contribution in [0.1, 0.15) is 32.8 Å². The monoisotopic (exact) mass is 298 g/mol. The third kappa shape index (κ3) is 5.14. The molecule has 0 amide bonds. The molecule has 0 fully saturated rings. The van der Waals surface area contributed by atoms with Gasteiger partial charge < -0.3 is 9.47 Å². The highest BCUT2D eigenvalue weighted by Crippen LogP contribution is 2.29. The Hall–Kier alpha value is -1.06. The maximum Gasteiger partial charge on any atom is 0.138 e. The Labute approximate surface area is 126 Å². The molecule has 0 heterocycles. The zero-order chi connectivity index (χ0) is 15.2. The Morgan fingerprint density at radius 2 is 2.00 bits per heavy atom. The van der Waals surface area contributed by atoms with Gasteiger partial charge in [-0.15, -0.1) is 0 Å². The quantitative estimate of drug-likeness (QED) is 0.683. The van der Waals surface area contributed by atoms with Gasteiger partial charge in [-0.1, -0.05) is 31.5 Å². The molecule has 1 rings (SSSR count). The number of ketones is 1. The van der Waals surface area contributed by atoms with Gasteiger partial charge in [0.05, 0.1) is 11.6 Å². The molecule has 0 aliphatic heterocycles. The summed E-state index contributed by atoms with van der Waals surface area (Å²) in [5, 5.41) is 0.590. The molecule has 1 aromatic carbocycles. The number of benzene rings is 1. The van der Waals surface area contributed by atoms with Gasteiger partial charge in [0.15, 0.2) is 0 Å². The fourth-order valence-electron chi connectivity index (χ4n) is 1.79. The van der Waals surface area contributed by atoms with Gasteiger partial charge in [-0.05, 0) is 31.0 Å². The van der Waals surface area contributed by atoms with Crippen molar-refractivity contribution in [3.63, 3.8) is 0 Å². The van der Waals surface area contributed by atoms with E-state index in [0.29, 0.717) is 30.4 Å². The van der Waals surface area contributed by atoms with Gasteiger partial charge in [0.2, 0.25) is 0 Å². The lowest BCUT2D eigenvalue weighted by atomic mass is 9.82. The van der Waals surface area contributed by atoms with Crippen LogP contribution in [-0.4, -0.2) is 26.1 Å². The summed E-state index contributed by atoms with van der Waals surface area (Å²) in [5.74, 6) is 0.842. The SMILES string of the molecule is COCCCOc1cc(CC(C)(C)C(C)=O)ccc1Cl. The molecule has 0 aromatic heterocycles. The minimum absolute atomic E-state index is 0.176. The molecule has 4 heteroatoms. The highest BCUT2D eigenvalue weighted by atomic mass is 35.5. The summed E-state index contributed by atoms with van der Waals surface area (Å²) in [4.78, 5) is 11.6. The number of methoxy groups -OCH3 is 1. The highest BCUT2D eigenvalue weighted by Gasteiger charge is 2.24. The van der Waals surface area contributed by atoms with Crippen LogP contribution in [0.2, 0.25) is 5.02 Å². The zero-order valence-corrected chi connectivity index (χ0v) is 13.4. The van der Waals surface area contributed by atoms with Crippen LogP contribution in [0.25, 0.3) is 0 Å². The van der Waals surface area contributed by atoms with Crippen molar-refractivity contribution in [3.8, 4) is 5.75 Å². The summed E-state index contributed by atoms with van der Waals surface area (Å²) < 4.78 is 10.6. The second-order valence-electron chi connectivity index (χ2n) is 5.58. The first-order valence-electron chi connectivity index (χ1n) is 6.78. The van der Waals surface area contributed by atoms with Gasteiger partial charge in [0, 0.05) is 25.6 Å². The van der Waals surface area contributed by atoms with Crippen LogP contribution >= 0.6 is 11.6 Å². The lowest BCUT2D eigenvalue weighted by molar-refractivity contribution is -0.124. The van der Waals surface area contributed by atoms with E-state index in [2.05, 4.69) is 0 Å². The Balaban J connectivity index is 2.73. The first kappa shape index (κ1) is 17.0. The molecule has 0 saturated heterocycles. The van der Waals surface area contributed by atoms with E-state index in [1.165, 1.54) is 0 Å². The highest BCUT2D eigenvalue weighted by molar-refractivity contribution is 6.32. The standard InChI is InChI=1S/C16H23ClO3/c1-12(18)16(2,3)11-13-6-7-14(17)15(10-13)20-9-5-8-19-4/h6-7,10H,5,8-9,11H2,1-4H3. The van der Waals surface area contributed by atoms with E-state index in [0.717, 1.165) is 12.0 Å². The van der Waals surface area contributed by atoms with Crippen LogP contribution in [0.4, 0.5) is 0 Å². The molecule has 0 spiro atoms. The van der Waals surface area contributed by atoms with Gasteiger partial charge in [0.25, 0.3) is 0 Å². The predicted molar refractivity (Wildman–Crippen MR) is 81.6 cm³/mol. The predicted octanol–water partition coefficient (Wildman–Crippen LogP) is 3.91. The van der Waals surface area contributed by atoms with E-state index in [1.807, 2.05) is 32.0 Å². The first-order chi connectivity index (χ1) is 9.36. The molecule has 112 valence electrons. The van der Waals surface area contributed by atoms with Crippen molar-refractivity contribution in [1.82, 2.24) is 0 Å². The van der Waals surface area contributed by atoms with Crippen LogP contribution in [0.3, 0.4) is 0 Å². The van der Waals surface area contributed by atoms with Gasteiger partial charge in [0.1, 0.15) is 11.5 Å². The van der Waals surface area contributed by atoms with Crippen molar-refractivity contribution < 1.29 is 14.3 Å². The van der Waals surface area contributed by atoms with Gasteiger partial charge in [-0.3, -0.25) is 4.79 Å². The summed E-state index contributed by atoms with van der Waals surface area (Å²) in [7, 11) is 1.66. The van der Waals surface area contributed by atoms with Gasteiger partial charge >= 0.3 is 0 Å². The van der Waals surface area contributed by atoms with E-state index in [-0.39, 0.29) is 11.2 Å². The van der Waals surface area contributed by atoms with Crippen molar-refractivity contribution in [1.29, 1.82) is 0 Å². The van der Waals surface area contributed by atoms with Crippen molar-refractivity contribution >= 4 is 17.4 Å². The van der Waals surface area contributed by atoms with E-state index in [4.69, 9.17) is 21.1 Å². The molecule has 0 radical (unpaired) electrons. The van der Waals surface area contributed by atoms with Crippen LogP contribution in [-0.2, 0) is 16.0 Å². The number of hydrogen-bond acceptors (Lipinski definition) is 3. The number of halogens is 1. The molecule has 0 saturated carbocycles. The molecule has 0 aliphatic carbocycles. The van der Waals surface area contributed by atoms with E-state index in [1.54, 1.807) is 14.0 Å². The van der Waals surface area contributed by atoms with Crippen molar-refractivity contribution in [2.45, 2.75) is 33.6 Å². The fraction of sp³-hybridized carbons (Fsp3) is 0.562. The minimum Gasteiger partial charge on any atom is -0.492 e. The maximum atomic E-state index is 11.6. The van der Waals surface area contributed by atoms with Crippen molar-refractivity contribution in [2.75, 3.05) is 20.3 Å². The molecular weight excluding hydrogens is 276 g/mol. The second kappa shape index (κ2) is 7.65. The molecule has 0 bridgehead atoms. The Morgan fingerprint density at radius 3 is 2.60 bits per heavy atom. The smallest absolute Gasteiger partial charge is 0.138 e. The number of carbonyl (C=O) groups is 1. The molecule has 0 N–H and O–H groups in total. The summed E-state index contributed by atoms with van der Waals surface area (Å²) in [5.41, 5.74) is 0.678. The Morgan fingerprint density at radius 1 is 1.30 bits per heavy atom. The third-order valence-corrected chi connectivity index (χ3v) is 3.66. The Kier molecular flexibility index (Phi) is 6.50. The van der Waals surface area contributed by atoms with Crippen LogP contribution in [0.15, 0.2) is 18.2 Å². The number of hydrogen-bond donors (Lipinski definition) is 0. The summed E-state index contributed by atoms with van der Waals surface area (Å²) in [6.07, 6.45) is 1.49. The number of Topliss-reactive ketones (excluding diaryl/α,β-unsaturated/α-hetero) is 1. The lowest BCUT2D eigenvalue weighted by Crippen LogP contribution is -2.24. The molecule has 0 atom stereocenters. The van der Waals surface area contributed by atoms with Crippen LogP contribution in [0.5, 0.6) is 5.75 Å². The number of carbonyl (C=O) groups excluding carboxylic acids is 1. The number of rotatable bonds is 8. The average Bonchev–Trinajstić information content (AvgIpc) is 2.37. The summed E-state index contributed by atoms with van der Waals surface area (Å²) in [6, 6.07) is 5.67. The number of ether oxygens (including phenoxy) is 2. The van der Waals surface area contributed by atoms with Gasteiger partial charge in [-0.2, -0.15) is 0 Å². The van der Waals surface area contributed by atoms with Crippen molar-refractivity contribution in [2.24, 2.45) is 5.41 Å². The second-order valence-corrected chi connectivity index (χ2v) is 5.98. The normalized spacial score (nSPS) is 11.4. The molecule has 20 heavy (non-hydrogen) atoms.